The standard InChI is InChI=1S/C21H19Cl2N3OS2/c1-13-4-2-3-5-16(13)24-21(28)26-10-8-25(9-11-26)20(27)19-18(23)15-7-6-14(22)12-17(15)29-19/h2-7,12H,8-11H2,1H3,(H,24,28). The number of para-hydroxylation sites is 1. The van der Waals surface area contributed by atoms with Gasteiger partial charge in [-0.15, -0.1) is 11.3 Å². The van der Waals surface area contributed by atoms with E-state index in [2.05, 4.69) is 10.2 Å². The van der Waals surface area contributed by atoms with Crippen LogP contribution in [0.4, 0.5) is 5.69 Å². The third-order valence-electron chi connectivity index (χ3n) is 5.03. The number of rotatable bonds is 2. The summed E-state index contributed by atoms with van der Waals surface area (Å²) in [6.07, 6.45) is 0. The molecule has 8 heteroatoms. The summed E-state index contributed by atoms with van der Waals surface area (Å²) in [6.45, 7) is 4.60. The monoisotopic (exact) mass is 463 g/mol. The summed E-state index contributed by atoms with van der Waals surface area (Å²) in [5.41, 5.74) is 2.15. The average molecular weight is 464 g/mol. The molecular formula is C21H19Cl2N3OS2. The molecule has 1 amide bonds. The number of fused-ring (bicyclic) bond motifs is 1. The van der Waals surface area contributed by atoms with E-state index in [-0.39, 0.29) is 5.91 Å². The van der Waals surface area contributed by atoms with Crippen LogP contribution >= 0.6 is 46.8 Å². The molecule has 4 rings (SSSR count). The smallest absolute Gasteiger partial charge is 0.265 e. The van der Waals surface area contributed by atoms with Crippen LogP contribution < -0.4 is 5.32 Å². The van der Waals surface area contributed by atoms with Crippen LogP contribution in [0.2, 0.25) is 10.0 Å². The van der Waals surface area contributed by atoms with Crippen molar-refractivity contribution in [3.63, 3.8) is 0 Å². The van der Waals surface area contributed by atoms with Gasteiger partial charge in [-0.05, 0) is 42.9 Å². The Hall–Kier alpha value is -1.86. The third-order valence-corrected chi connectivity index (χ3v) is 7.27. The number of halogens is 2. The number of hydrogen-bond donors (Lipinski definition) is 1. The predicted octanol–water partition coefficient (Wildman–Crippen LogP) is 5.67. The second-order valence-electron chi connectivity index (χ2n) is 6.91. The maximum atomic E-state index is 13.0. The summed E-state index contributed by atoms with van der Waals surface area (Å²) >= 11 is 19.5. The van der Waals surface area contributed by atoms with E-state index in [1.54, 1.807) is 6.07 Å². The van der Waals surface area contributed by atoms with E-state index >= 15 is 0 Å². The normalized spacial score (nSPS) is 14.3. The average Bonchev–Trinajstić information content (AvgIpc) is 3.05. The summed E-state index contributed by atoms with van der Waals surface area (Å²) < 4.78 is 0.924. The number of nitrogens with one attached hydrogen (secondary N) is 1. The van der Waals surface area contributed by atoms with Crippen LogP contribution in [0, 0.1) is 6.92 Å². The van der Waals surface area contributed by atoms with Crippen LogP contribution in [0.1, 0.15) is 15.2 Å². The quantitative estimate of drug-likeness (QED) is 0.496. The molecule has 1 saturated heterocycles. The van der Waals surface area contributed by atoms with Crippen molar-refractivity contribution in [1.82, 2.24) is 9.80 Å². The lowest BCUT2D eigenvalue weighted by Gasteiger charge is -2.36. The summed E-state index contributed by atoms with van der Waals surface area (Å²) in [5, 5.41) is 6.00. The van der Waals surface area contributed by atoms with Crippen molar-refractivity contribution in [1.29, 1.82) is 0 Å². The molecule has 0 saturated carbocycles. The zero-order valence-corrected chi connectivity index (χ0v) is 18.9. The van der Waals surface area contributed by atoms with Gasteiger partial charge in [-0.3, -0.25) is 4.79 Å². The van der Waals surface area contributed by atoms with Gasteiger partial charge in [0.05, 0.1) is 5.02 Å². The minimum Gasteiger partial charge on any atom is -0.345 e. The number of anilines is 1. The molecule has 0 radical (unpaired) electrons. The van der Waals surface area contributed by atoms with E-state index in [9.17, 15) is 4.79 Å². The largest absolute Gasteiger partial charge is 0.345 e. The van der Waals surface area contributed by atoms with Gasteiger partial charge in [-0.1, -0.05) is 47.5 Å². The Bertz CT molecular complexity index is 1090. The first-order valence-corrected chi connectivity index (χ1v) is 11.2. The van der Waals surface area contributed by atoms with Gasteiger partial charge in [0.15, 0.2) is 5.11 Å². The molecule has 2 aromatic carbocycles. The maximum Gasteiger partial charge on any atom is 0.265 e. The lowest BCUT2D eigenvalue weighted by molar-refractivity contribution is 0.0698. The second kappa shape index (κ2) is 8.48. The number of carbonyl (C=O) groups is 1. The van der Waals surface area contributed by atoms with Gasteiger partial charge >= 0.3 is 0 Å². The van der Waals surface area contributed by atoms with Crippen molar-refractivity contribution >= 4 is 73.5 Å². The van der Waals surface area contributed by atoms with Gasteiger partial charge in [0.2, 0.25) is 0 Å². The maximum absolute atomic E-state index is 13.0. The number of piperazine rings is 1. The molecule has 3 aromatic rings. The van der Waals surface area contributed by atoms with Gasteiger partial charge in [0.1, 0.15) is 4.88 Å². The molecule has 0 unspecified atom stereocenters. The van der Waals surface area contributed by atoms with Crippen LogP contribution in [-0.2, 0) is 0 Å². The molecule has 1 aliphatic rings. The molecule has 1 aromatic heterocycles. The van der Waals surface area contributed by atoms with Crippen LogP contribution in [0.3, 0.4) is 0 Å². The Kier molecular flexibility index (Phi) is 5.97. The van der Waals surface area contributed by atoms with Crippen molar-refractivity contribution < 1.29 is 4.79 Å². The van der Waals surface area contributed by atoms with Crippen LogP contribution in [-0.4, -0.2) is 47.0 Å². The first-order valence-electron chi connectivity index (χ1n) is 9.22. The Balaban J connectivity index is 1.42. The molecule has 150 valence electrons. The minimum atomic E-state index is -0.0373. The number of amides is 1. The van der Waals surface area contributed by atoms with Gasteiger partial charge in [-0.25, -0.2) is 0 Å². The lowest BCUT2D eigenvalue weighted by Crippen LogP contribution is -2.51. The minimum absolute atomic E-state index is 0.0373. The molecule has 2 heterocycles. The third kappa shape index (κ3) is 4.21. The molecule has 0 aliphatic carbocycles. The van der Waals surface area contributed by atoms with Crippen molar-refractivity contribution in [3.8, 4) is 0 Å². The van der Waals surface area contributed by atoms with Crippen molar-refractivity contribution in [2.45, 2.75) is 6.92 Å². The van der Waals surface area contributed by atoms with Crippen molar-refractivity contribution in [2.75, 3.05) is 31.5 Å². The molecule has 1 N–H and O–H groups in total. The second-order valence-corrected chi connectivity index (χ2v) is 9.16. The van der Waals surface area contributed by atoms with Crippen molar-refractivity contribution in [2.24, 2.45) is 0 Å². The van der Waals surface area contributed by atoms with E-state index in [0.717, 1.165) is 21.3 Å². The molecule has 0 bridgehead atoms. The van der Waals surface area contributed by atoms with Crippen LogP contribution in [0.25, 0.3) is 10.1 Å². The van der Waals surface area contributed by atoms with Gasteiger partial charge in [0, 0.05) is 47.0 Å². The first kappa shape index (κ1) is 20.4. The fraction of sp³-hybridized carbons (Fsp3) is 0.238. The summed E-state index contributed by atoms with van der Waals surface area (Å²) in [6, 6.07) is 13.5. The highest BCUT2D eigenvalue weighted by molar-refractivity contribution is 7.80. The van der Waals surface area contributed by atoms with Gasteiger partial charge in [-0.2, -0.15) is 0 Å². The Morgan fingerprint density at radius 3 is 2.48 bits per heavy atom. The highest BCUT2D eigenvalue weighted by atomic mass is 35.5. The Morgan fingerprint density at radius 1 is 1.07 bits per heavy atom. The molecule has 29 heavy (non-hydrogen) atoms. The van der Waals surface area contributed by atoms with Gasteiger partial charge < -0.3 is 15.1 Å². The zero-order valence-electron chi connectivity index (χ0n) is 15.7. The fourth-order valence-corrected chi connectivity index (χ4v) is 5.39. The molecule has 1 aliphatic heterocycles. The number of nitrogens with zero attached hydrogens (tertiary/aromatic N) is 2. The lowest BCUT2D eigenvalue weighted by atomic mass is 10.2. The van der Waals surface area contributed by atoms with E-state index in [1.807, 2.05) is 48.2 Å². The van der Waals surface area contributed by atoms with E-state index in [4.69, 9.17) is 35.4 Å². The number of benzene rings is 2. The molecular weight excluding hydrogens is 445 g/mol. The number of hydrogen-bond acceptors (Lipinski definition) is 3. The highest BCUT2D eigenvalue weighted by Gasteiger charge is 2.27. The number of thiocarbonyl (C=S) groups is 1. The van der Waals surface area contributed by atoms with Crippen molar-refractivity contribution in [3.05, 3.63) is 63.0 Å². The Morgan fingerprint density at radius 2 is 1.76 bits per heavy atom. The fourth-order valence-electron chi connectivity index (χ4n) is 3.34. The molecule has 0 spiro atoms. The predicted molar refractivity (Wildman–Crippen MR) is 127 cm³/mol. The summed E-state index contributed by atoms with van der Waals surface area (Å²) in [4.78, 5) is 17.5. The summed E-state index contributed by atoms with van der Waals surface area (Å²) in [5.74, 6) is -0.0373. The van der Waals surface area contributed by atoms with E-state index in [0.29, 0.717) is 46.2 Å². The topological polar surface area (TPSA) is 35.6 Å². The number of aryl methyl sites for hydroxylation is 1. The SMILES string of the molecule is Cc1ccccc1NC(=S)N1CCN(C(=O)c2sc3cc(Cl)ccc3c2Cl)CC1. The molecule has 4 nitrogen and oxygen atoms in total. The van der Waals surface area contributed by atoms with Crippen LogP contribution in [0.5, 0.6) is 0 Å². The first-order chi connectivity index (χ1) is 13.9. The zero-order chi connectivity index (χ0) is 20.5. The number of thiophene rings is 1. The Labute approximate surface area is 189 Å². The van der Waals surface area contributed by atoms with E-state index < -0.39 is 0 Å². The highest BCUT2D eigenvalue weighted by Crippen LogP contribution is 2.37. The molecule has 0 atom stereocenters. The van der Waals surface area contributed by atoms with E-state index in [1.165, 1.54) is 11.3 Å². The summed E-state index contributed by atoms with van der Waals surface area (Å²) in [7, 11) is 0. The molecule has 1 fully saturated rings. The van der Waals surface area contributed by atoms with Crippen LogP contribution in [0.15, 0.2) is 42.5 Å². The number of carbonyl (C=O) groups excluding carboxylic acids is 1. The van der Waals surface area contributed by atoms with Gasteiger partial charge in [0.25, 0.3) is 5.91 Å².